The van der Waals surface area contributed by atoms with Crippen molar-refractivity contribution in [2.24, 2.45) is 0 Å². The van der Waals surface area contributed by atoms with Crippen LogP contribution in [0.5, 0.6) is 0 Å². The number of hydrogen-bond donors (Lipinski definition) is 0. The van der Waals surface area contributed by atoms with Crippen LogP contribution in [0.15, 0.2) is 58.1 Å². The molecule has 172 valence electrons. The van der Waals surface area contributed by atoms with Crippen LogP contribution >= 0.6 is 0 Å². The van der Waals surface area contributed by atoms with E-state index in [2.05, 4.69) is 5.10 Å². The molecular formula is C23H21F3N4O3. The Morgan fingerprint density at radius 1 is 1.03 bits per heavy atom. The molecule has 1 saturated heterocycles. The summed E-state index contributed by atoms with van der Waals surface area (Å²) in [6.07, 6.45) is -2.98. The van der Waals surface area contributed by atoms with Crippen LogP contribution in [0.4, 0.5) is 13.2 Å². The van der Waals surface area contributed by atoms with Crippen LogP contribution in [-0.2, 0) is 12.7 Å². The fraction of sp³-hybridized carbons (Fsp3) is 0.304. The van der Waals surface area contributed by atoms with Crippen molar-refractivity contribution in [2.45, 2.75) is 32.5 Å². The van der Waals surface area contributed by atoms with E-state index in [1.54, 1.807) is 18.2 Å². The summed E-state index contributed by atoms with van der Waals surface area (Å²) >= 11 is 0. The third kappa shape index (κ3) is 4.59. The lowest BCUT2D eigenvalue weighted by atomic mass is 10.1. The summed E-state index contributed by atoms with van der Waals surface area (Å²) < 4.78 is 41.1. The molecule has 4 rings (SSSR count). The Bertz CT molecular complexity index is 1320. The van der Waals surface area contributed by atoms with Crippen LogP contribution in [0, 0.1) is 6.92 Å². The number of hydrogen-bond acceptors (Lipinski definition) is 4. The van der Waals surface area contributed by atoms with E-state index in [-0.39, 0.29) is 5.56 Å². The van der Waals surface area contributed by atoms with E-state index in [1.807, 2.05) is 13.0 Å². The van der Waals surface area contributed by atoms with Gasteiger partial charge in [0.15, 0.2) is 0 Å². The number of alkyl halides is 3. The molecule has 3 aromatic rings. The van der Waals surface area contributed by atoms with Gasteiger partial charge in [-0.05, 0) is 55.2 Å². The van der Waals surface area contributed by atoms with E-state index in [0.717, 1.165) is 39.8 Å². The topological polar surface area (TPSA) is 77.2 Å². The van der Waals surface area contributed by atoms with Crippen LogP contribution in [0.1, 0.15) is 40.0 Å². The van der Waals surface area contributed by atoms with Crippen molar-refractivity contribution < 1.29 is 18.0 Å². The number of rotatable bonds is 4. The van der Waals surface area contributed by atoms with Crippen molar-refractivity contribution in [3.63, 3.8) is 0 Å². The summed E-state index contributed by atoms with van der Waals surface area (Å²) in [5, 5.41) is 4.09. The van der Waals surface area contributed by atoms with Crippen molar-refractivity contribution in [1.29, 1.82) is 0 Å². The third-order valence-corrected chi connectivity index (χ3v) is 5.50. The van der Waals surface area contributed by atoms with Crippen LogP contribution < -0.4 is 11.2 Å². The molecule has 1 aromatic heterocycles. The Morgan fingerprint density at radius 3 is 2.39 bits per heavy atom. The summed E-state index contributed by atoms with van der Waals surface area (Å²) in [5.74, 6) is -0.600. The summed E-state index contributed by atoms with van der Waals surface area (Å²) in [5.41, 5.74) is -1.85. The van der Waals surface area contributed by atoms with Crippen LogP contribution in [0.25, 0.3) is 5.69 Å². The Morgan fingerprint density at radius 2 is 1.73 bits per heavy atom. The second-order valence-corrected chi connectivity index (χ2v) is 7.97. The van der Waals surface area contributed by atoms with Gasteiger partial charge in [0.25, 0.3) is 11.5 Å². The minimum Gasteiger partial charge on any atom is -0.337 e. The quantitative estimate of drug-likeness (QED) is 0.602. The highest BCUT2D eigenvalue weighted by Crippen LogP contribution is 2.29. The summed E-state index contributed by atoms with van der Waals surface area (Å²) in [7, 11) is 0. The molecule has 2 aromatic carbocycles. The number of benzene rings is 2. The Hall–Kier alpha value is -3.69. The number of nitrogens with zero attached hydrogens (tertiary/aromatic N) is 4. The SMILES string of the molecule is Cc1cccc(-n2nc(C(=O)N3CCCC3)c(=O)n(Cc3cccc(C(F)(F)F)c3)c2=O)c1. The number of aromatic nitrogens is 3. The highest BCUT2D eigenvalue weighted by molar-refractivity contribution is 5.92. The van der Waals surface area contributed by atoms with Crippen molar-refractivity contribution >= 4 is 5.91 Å². The fourth-order valence-electron chi connectivity index (χ4n) is 3.81. The zero-order valence-corrected chi connectivity index (χ0v) is 17.8. The number of amides is 1. The van der Waals surface area contributed by atoms with Gasteiger partial charge in [0.2, 0.25) is 5.69 Å². The molecule has 0 radical (unpaired) electrons. The van der Waals surface area contributed by atoms with E-state index in [4.69, 9.17) is 0 Å². The van der Waals surface area contributed by atoms with Crippen molar-refractivity contribution in [1.82, 2.24) is 19.2 Å². The lowest BCUT2D eigenvalue weighted by molar-refractivity contribution is -0.137. The van der Waals surface area contributed by atoms with Crippen molar-refractivity contribution in [3.05, 3.63) is 91.8 Å². The van der Waals surface area contributed by atoms with Gasteiger partial charge in [0.05, 0.1) is 17.8 Å². The maximum absolute atomic E-state index is 13.2. The van der Waals surface area contributed by atoms with Crippen molar-refractivity contribution in [3.8, 4) is 5.69 Å². The molecular weight excluding hydrogens is 437 g/mol. The highest BCUT2D eigenvalue weighted by atomic mass is 19.4. The second kappa shape index (κ2) is 8.68. The van der Waals surface area contributed by atoms with E-state index in [9.17, 15) is 27.6 Å². The predicted molar refractivity (Wildman–Crippen MR) is 115 cm³/mol. The second-order valence-electron chi connectivity index (χ2n) is 7.97. The molecule has 0 unspecified atom stereocenters. The van der Waals surface area contributed by atoms with Crippen LogP contribution in [-0.4, -0.2) is 38.2 Å². The first kappa shape index (κ1) is 22.5. The normalized spacial score (nSPS) is 14.0. The van der Waals surface area contributed by atoms with Gasteiger partial charge in [-0.2, -0.15) is 23.0 Å². The van der Waals surface area contributed by atoms with Gasteiger partial charge >= 0.3 is 11.9 Å². The van der Waals surface area contributed by atoms with E-state index in [1.165, 1.54) is 17.0 Å². The standard InChI is InChI=1S/C23H21F3N4O3/c1-15-6-4-9-18(12-15)30-22(33)29(14-16-7-5-8-17(13-16)23(24,25)26)21(32)19(27-30)20(31)28-10-2-3-11-28/h4-9,12-13H,2-3,10-11,14H2,1H3. The monoisotopic (exact) mass is 458 g/mol. The zero-order chi connectivity index (χ0) is 23.8. The molecule has 1 fully saturated rings. The molecule has 0 bridgehead atoms. The number of carbonyl (C=O) groups is 1. The van der Waals surface area contributed by atoms with Gasteiger partial charge in [-0.1, -0.05) is 24.3 Å². The van der Waals surface area contributed by atoms with E-state index in [0.29, 0.717) is 18.8 Å². The van der Waals surface area contributed by atoms with Gasteiger partial charge in [0, 0.05) is 13.1 Å². The van der Waals surface area contributed by atoms with Crippen molar-refractivity contribution in [2.75, 3.05) is 13.1 Å². The average Bonchev–Trinajstić information content (AvgIpc) is 3.31. The fourth-order valence-corrected chi connectivity index (χ4v) is 3.81. The largest absolute Gasteiger partial charge is 0.416 e. The first-order valence-corrected chi connectivity index (χ1v) is 10.4. The summed E-state index contributed by atoms with van der Waals surface area (Å²) in [6, 6.07) is 11.2. The average molecular weight is 458 g/mol. The molecule has 1 aliphatic rings. The van der Waals surface area contributed by atoms with Gasteiger partial charge < -0.3 is 4.90 Å². The summed E-state index contributed by atoms with van der Waals surface area (Å²) in [6.45, 7) is 2.31. The lowest BCUT2D eigenvalue weighted by Gasteiger charge is -2.17. The summed E-state index contributed by atoms with van der Waals surface area (Å²) in [4.78, 5) is 40.8. The predicted octanol–water partition coefficient (Wildman–Crippen LogP) is 3.01. The molecule has 0 aliphatic carbocycles. The Labute approximate surface area is 186 Å². The molecule has 0 saturated carbocycles. The number of likely N-dealkylation sites (tertiary alicyclic amines) is 1. The minimum absolute atomic E-state index is 0.102. The van der Waals surface area contributed by atoms with Gasteiger partial charge in [0.1, 0.15) is 0 Å². The van der Waals surface area contributed by atoms with E-state index >= 15 is 0 Å². The van der Waals surface area contributed by atoms with Gasteiger partial charge in [-0.25, -0.2) is 4.79 Å². The van der Waals surface area contributed by atoms with Crippen LogP contribution in [0.3, 0.4) is 0 Å². The Kier molecular flexibility index (Phi) is 5.92. The molecule has 10 heteroatoms. The third-order valence-electron chi connectivity index (χ3n) is 5.50. The molecule has 0 N–H and O–H groups in total. The number of carbonyl (C=O) groups excluding carboxylic acids is 1. The molecule has 33 heavy (non-hydrogen) atoms. The van der Waals surface area contributed by atoms with Gasteiger partial charge in [-0.15, -0.1) is 0 Å². The van der Waals surface area contributed by atoms with Crippen LogP contribution in [0.2, 0.25) is 0 Å². The van der Waals surface area contributed by atoms with Gasteiger partial charge in [-0.3, -0.25) is 14.2 Å². The number of halogens is 3. The molecule has 1 aliphatic heterocycles. The maximum Gasteiger partial charge on any atom is 0.416 e. The zero-order valence-electron chi connectivity index (χ0n) is 17.8. The maximum atomic E-state index is 13.2. The molecule has 1 amide bonds. The lowest BCUT2D eigenvalue weighted by Crippen LogP contribution is -2.46. The number of aryl methyl sites for hydroxylation is 1. The molecule has 7 nitrogen and oxygen atoms in total. The molecule has 0 atom stereocenters. The Balaban J connectivity index is 1.88. The first-order valence-electron chi connectivity index (χ1n) is 10.4. The molecule has 2 heterocycles. The smallest absolute Gasteiger partial charge is 0.337 e. The first-order chi connectivity index (χ1) is 15.6. The molecule has 0 spiro atoms. The minimum atomic E-state index is -4.57. The highest BCUT2D eigenvalue weighted by Gasteiger charge is 2.31. The van der Waals surface area contributed by atoms with E-state index < -0.39 is 41.1 Å².